The van der Waals surface area contributed by atoms with Gasteiger partial charge in [-0.1, -0.05) is 17.7 Å². The number of hydrogen-bond acceptors (Lipinski definition) is 5. The van der Waals surface area contributed by atoms with E-state index in [4.69, 9.17) is 37.7 Å². The maximum absolute atomic E-state index is 6.37. The van der Waals surface area contributed by atoms with Crippen molar-refractivity contribution < 1.29 is 13.9 Å². The summed E-state index contributed by atoms with van der Waals surface area (Å²) in [7, 11) is 0. The van der Waals surface area contributed by atoms with Crippen LogP contribution in [0.3, 0.4) is 0 Å². The SMILES string of the molecule is S=C1N[C@H](c2ccccn2)[C@@H](c2ccc(-c3ccc(Cl)cc3)o2)N1c1ccc2c(c1)OCO2. The molecule has 4 heterocycles. The van der Waals surface area contributed by atoms with Crippen molar-refractivity contribution in [3.05, 3.63) is 95.5 Å². The van der Waals surface area contributed by atoms with Gasteiger partial charge in [0.05, 0.1) is 11.7 Å². The third-order valence-corrected chi connectivity index (χ3v) is 6.35. The van der Waals surface area contributed by atoms with E-state index < -0.39 is 0 Å². The summed E-state index contributed by atoms with van der Waals surface area (Å²) >= 11 is 11.8. The lowest BCUT2D eigenvalue weighted by molar-refractivity contribution is 0.174. The Morgan fingerprint density at radius 2 is 1.82 bits per heavy atom. The van der Waals surface area contributed by atoms with Gasteiger partial charge in [-0.15, -0.1) is 0 Å². The first-order valence-electron chi connectivity index (χ1n) is 10.4. The molecule has 2 aliphatic heterocycles. The molecule has 0 spiro atoms. The van der Waals surface area contributed by atoms with E-state index in [2.05, 4.69) is 10.3 Å². The Hall–Kier alpha value is -3.55. The van der Waals surface area contributed by atoms with Gasteiger partial charge in [-0.2, -0.15) is 0 Å². The second-order valence-corrected chi connectivity index (χ2v) is 8.57. The molecule has 0 aliphatic carbocycles. The van der Waals surface area contributed by atoms with Gasteiger partial charge in [0.25, 0.3) is 0 Å². The van der Waals surface area contributed by atoms with Crippen LogP contribution in [0.1, 0.15) is 23.5 Å². The van der Waals surface area contributed by atoms with Gasteiger partial charge >= 0.3 is 0 Å². The summed E-state index contributed by atoms with van der Waals surface area (Å²) < 4.78 is 17.4. The molecule has 0 unspecified atom stereocenters. The number of benzene rings is 2. The topological polar surface area (TPSA) is 59.8 Å². The first kappa shape index (κ1) is 20.1. The summed E-state index contributed by atoms with van der Waals surface area (Å²) in [5.74, 6) is 2.93. The highest BCUT2D eigenvalue weighted by molar-refractivity contribution is 7.80. The van der Waals surface area contributed by atoms with E-state index in [1.54, 1.807) is 6.20 Å². The minimum atomic E-state index is -0.256. The van der Waals surface area contributed by atoms with Gasteiger partial charge in [0.1, 0.15) is 17.6 Å². The Labute approximate surface area is 200 Å². The maximum atomic E-state index is 6.37. The summed E-state index contributed by atoms with van der Waals surface area (Å²) in [5.41, 5.74) is 2.70. The molecule has 0 radical (unpaired) electrons. The highest BCUT2D eigenvalue weighted by Crippen LogP contribution is 2.45. The van der Waals surface area contributed by atoms with Crippen molar-refractivity contribution in [3.63, 3.8) is 0 Å². The summed E-state index contributed by atoms with van der Waals surface area (Å²) in [5, 5.41) is 4.70. The van der Waals surface area contributed by atoms with Crippen molar-refractivity contribution in [1.29, 1.82) is 0 Å². The number of furan rings is 1. The van der Waals surface area contributed by atoms with Crippen LogP contribution in [-0.4, -0.2) is 16.9 Å². The van der Waals surface area contributed by atoms with E-state index in [0.29, 0.717) is 15.9 Å². The number of nitrogens with one attached hydrogen (secondary N) is 1. The lowest BCUT2D eigenvalue weighted by atomic mass is 10.0. The Morgan fingerprint density at radius 3 is 2.64 bits per heavy atom. The molecule has 33 heavy (non-hydrogen) atoms. The minimum absolute atomic E-state index is 0.201. The molecule has 6 nitrogen and oxygen atoms in total. The Bertz CT molecular complexity index is 1330. The summed E-state index contributed by atoms with van der Waals surface area (Å²) in [6.45, 7) is 0.212. The van der Waals surface area contributed by atoms with E-state index in [1.165, 1.54) is 0 Å². The van der Waals surface area contributed by atoms with Crippen LogP contribution in [0, 0.1) is 0 Å². The number of aromatic nitrogens is 1. The van der Waals surface area contributed by atoms with Gasteiger partial charge in [-0.05, 0) is 72.9 Å². The molecule has 2 atom stereocenters. The van der Waals surface area contributed by atoms with Crippen molar-refractivity contribution in [2.24, 2.45) is 0 Å². The highest BCUT2D eigenvalue weighted by atomic mass is 35.5. The summed E-state index contributed by atoms with van der Waals surface area (Å²) in [4.78, 5) is 6.62. The second kappa shape index (κ2) is 8.10. The fraction of sp³-hybridized carbons (Fsp3) is 0.120. The average molecular weight is 476 g/mol. The number of nitrogens with zero attached hydrogens (tertiary/aromatic N) is 2. The normalized spacial score (nSPS) is 19.1. The third-order valence-electron chi connectivity index (χ3n) is 5.78. The predicted molar refractivity (Wildman–Crippen MR) is 130 cm³/mol. The molecule has 0 amide bonds. The lowest BCUT2D eigenvalue weighted by Gasteiger charge is -2.26. The standard InChI is InChI=1S/C25H18ClN3O3S/c26-16-6-4-15(5-7-16)19-10-11-21(32-19)24-23(18-3-1-2-12-27-18)28-25(33)29(24)17-8-9-20-22(13-17)31-14-30-20/h1-13,23-24H,14H2,(H,28,33)/t23-,24-/m1/s1. The molecule has 2 aromatic heterocycles. The van der Waals surface area contributed by atoms with E-state index in [1.807, 2.05) is 77.7 Å². The number of pyridine rings is 1. The largest absolute Gasteiger partial charge is 0.459 e. The molecule has 164 valence electrons. The number of hydrogen-bond donors (Lipinski definition) is 1. The van der Waals surface area contributed by atoms with E-state index in [9.17, 15) is 0 Å². The van der Waals surface area contributed by atoms with E-state index in [0.717, 1.165) is 34.2 Å². The van der Waals surface area contributed by atoms with Gasteiger partial charge in [-0.3, -0.25) is 4.98 Å². The van der Waals surface area contributed by atoms with Crippen LogP contribution in [0.2, 0.25) is 5.02 Å². The Morgan fingerprint density at radius 1 is 0.970 bits per heavy atom. The molecule has 4 aromatic rings. The van der Waals surface area contributed by atoms with Crippen LogP contribution in [0.5, 0.6) is 11.5 Å². The van der Waals surface area contributed by atoms with Crippen molar-refractivity contribution in [3.8, 4) is 22.8 Å². The second-order valence-electron chi connectivity index (χ2n) is 7.74. The van der Waals surface area contributed by atoms with Crippen LogP contribution >= 0.6 is 23.8 Å². The number of ether oxygens (including phenoxy) is 2. The van der Waals surface area contributed by atoms with E-state index >= 15 is 0 Å². The van der Waals surface area contributed by atoms with Gasteiger partial charge in [0.15, 0.2) is 16.6 Å². The predicted octanol–water partition coefficient (Wildman–Crippen LogP) is 5.90. The number of fused-ring (bicyclic) bond motifs is 1. The smallest absolute Gasteiger partial charge is 0.231 e. The zero-order valence-corrected chi connectivity index (χ0v) is 18.8. The van der Waals surface area contributed by atoms with Gasteiger partial charge in [-0.25, -0.2) is 0 Å². The molecule has 6 rings (SSSR count). The molecular weight excluding hydrogens is 458 g/mol. The quantitative estimate of drug-likeness (QED) is 0.369. The first-order valence-corrected chi connectivity index (χ1v) is 11.2. The fourth-order valence-electron chi connectivity index (χ4n) is 4.24. The molecular formula is C25H18ClN3O3S. The molecule has 0 saturated carbocycles. The fourth-order valence-corrected chi connectivity index (χ4v) is 4.71. The minimum Gasteiger partial charge on any atom is -0.459 e. The van der Waals surface area contributed by atoms with E-state index in [-0.39, 0.29) is 18.9 Å². The molecule has 8 heteroatoms. The molecule has 2 aliphatic rings. The number of rotatable bonds is 4. The zero-order chi connectivity index (χ0) is 22.4. The van der Waals surface area contributed by atoms with Crippen LogP contribution in [-0.2, 0) is 0 Å². The number of thiocarbonyl (C=S) groups is 1. The summed E-state index contributed by atoms with van der Waals surface area (Å²) in [6, 6.07) is 22.7. The van der Waals surface area contributed by atoms with Crippen molar-refractivity contribution >= 4 is 34.6 Å². The average Bonchev–Trinajstić information content (AvgIpc) is 3.58. The van der Waals surface area contributed by atoms with Crippen molar-refractivity contribution in [2.75, 3.05) is 11.7 Å². The van der Waals surface area contributed by atoms with Gasteiger partial charge in [0.2, 0.25) is 6.79 Å². The van der Waals surface area contributed by atoms with Crippen LogP contribution in [0.4, 0.5) is 5.69 Å². The Balaban J connectivity index is 1.44. The van der Waals surface area contributed by atoms with Crippen LogP contribution in [0.25, 0.3) is 11.3 Å². The third kappa shape index (κ3) is 3.59. The number of halogens is 1. The molecule has 1 fully saturated rings. The maximum Gasteiger partial charge on any atom is 0.231 e. The molecule has 1 N–H and O–H groups in total. The highest BCUT2D eigenvalue weighted by Gasteiger charge is 2.43. The Kier molecular flexibility index (Phi) is 4.93. The van der Waals surface area contributed by atoms with Crippen molar-refractivity contribution in [2.45, 2.75) is 12.1 Å². The van der Waals surface area contributed by atoms with Gasteiger partial charge in [0, 0.05) is 28.5 Å². The molecule has 2 aromatic carbocycles. The lowest BCUT2D eigenvalue weighted by Crippen LogP contribution is -2.29. The zero-order valence-electron chi connectivity index (χ0n) is 17.3. The monoisotopic (exact) mass is 475 g/mol. The molecule has 0 bridgehead atoms. The van der Waals surface area contributed by atoms with Crippen LogP contribution < -0.4 is 19.7 Å². The number of anilines is 1. The van der Waals surface area contributed by atoms with Crippen LogP contribution in [0.15, 0.2) is 83.4 Å². The van der Waals surface area contributed by atoms with Gasteiger partial charge < -0.3 is 24.1 Å². The summed E-state index contributed by atoms with van der Waals surface area (Å²) in [6.07, 6.45) is 1.78. The first-order chi connectivity index (χ1) is 16.2. The van der Waals surface area contributed by atoms with Crippen molar-refractivity contribution in [1.82, 2.24) is 10.3 Å². The molecule has 1 saturated heterocycles.